The fourth-order valence-corrected chi connectivity index (χ4v) is 3.48. The third kappa shape index (κ3) is 3.51. The smallest absolute Gasteiger partial charge is 0.164 e. The van der Waals surface area contributed by atoms with Gasteiger partial charge < -0.3 is 9.30 Å². The minimum absolute atomic E-state index is 0.241. The number of carbonyl (C=O) groups is 1. The van der Waals surface area contributed by atoms with Gasteiger partial charge in [-0.25, -0.2) is 0 Å². The van der Waals surface area contributed by atoms with Gasteiger partial charge in [0.1, 0.15) is 0 Å². The summed E-state index contributed by atoms with van der Waals surface area (Å²) in [5, 5.41) is 0.715. The van der Waals surface area contributed by atoms with Crippen molar-refractivity contribution in [2.45, 2.75) is 33.1 Å². The highest BCUT2D eigenvalue weighted by Gasteiger charge is 2.22. The number of halogens is 1. The zero-order chi connectivity index (χ0) is 16.4. The number of rotatable bonds is 4. The van der Waals surface area contributed by atoms with Crippen LogP contribution in [0.4, 0.5) is 0 Å². The Labute approximate surface area is 142 Å². The monoisotopic (exact) mass is 331 g/mol. The molecule has 122 valence electrons. The quantitative estimate of drug-likeness (QED) is 0.757. The van der Waals surface area contributed by atoms with Gasteiger partial charge in [-0.15, -0.1) is 0 Å². The molecule has 1 fully saturated rings. The second-order valence-corrected chi connectivity index (χ2v) is 6.72. The van der Waals surface area contributed by atoms with Gasteiger partial charge in [-0.05, 0) is 62.9 Å². The van der Waals surface area contributed by atoms with Crippen molar-refractivity contribution >= 4 is 17.4 Å². The molecule has 1 saturated heterocycles. The molecule has 0 N–H and O–H groups in total. The molecule has 4 heteroatoms. The van der Waals surface area contributed by atoms with E-state index < -0.39 is 0 Å². The molecule has 0 spiro atoms. The number of carbonyl (C=O) groups excluding carboxylic acids is 1. The summed E-state index contributed by atoms with van der Waals surface area (Å²) < 4.78 is 7.49. The van der Waals surface area contributed by atoms with E-state index in [0.29, 0.717) is 17.4 Å². The number of Topliss-reactive ketones (excluding diaryl/α,β-unsaturated/α-hetero) is 1. The van der Waals surface area contributed by atoms with Crippen molar-refractivity contribution in [2.24, 2.45) is 5.92 Å². The minimum Gasteiger partial charge on any atom is -0.381 e. The van der Waals surface area contributed by atoms with Gasteiger partial charge in [0, 0.05) is 47.3 Å². The van der Waals surface area contributed by atoms with Crippen LogP contribution in [0.1, 0.15) is 41.0 Å². The average molecular weight is 332 g/mol. The standard InChI is InChI=1S/C19H22ClNO2/c1-13-11-18(19(22)12-15-7-9-23-10-8-15)14(2)21(13)17-5-3-16(20)4-6-17/h3-6,11,15H,7-10,12H2,1-2H3. The lowest BCUT2D eigenvalue weighted by molar-refractivity contribution is 0.0601. The van der Waals surface area contributed by atoms with Crippen LogP contribution in [0.5, 0.6) is 0 Å². The summed E-state index contributed by atoms with van der Waals surface area (Å²) in [4.78, 5) is 12.7. The molecule has 0 bridgehead atoms. The predicted octanol–water partition coefficient (Wildman–Crippen LogP) is 4.75. The van der Waals surface area contributed by atoms with E-state index in [9.17, 15) is 4.79 Å². The molecular weight excluding hydrogens is 310 g/mol. The third-order valence-electron chi connectivity index (χ3n) is 4.63. The van der Waals surface area contributed by atoms with Crippen molar-refractivity contribution in [3.05, 3.63) is 52.3 Å². The van der Waals surface area contributed by atoms with Crippen LogP contribution in [-0.2, 0) is 4.74 Å². The molecular formula is C19H22ClNO2. The molecule has 0 saturated carbocycles. The van der Waals surface area contributed by atoms with E-state index in [4.69, 9.17) is 16.3 Å². The summed E-state index contributed by atoms with van der Waals surface area (Å²) in [6, 6.07) is 9.72. The van der Waals surface area contributed by atoms with Crippen LogP contribution in [0.25, 0.3) is 5.69 Å². The van der Waals surface area contributed by atoms with Crippen molar-refractivity contribution in [1.29, 1.82) is 0 Å². The Kier molecular flexibility index (Phi) is 4.88. The third-order valence-corrected chi connectivity index (χ3v) is 4.88. The lowest BCUT2D eigenvalue weighted by atomic mass is 9.92. The number of benzene rings is 1. The SMILES string of the molecule is Cc1cc(C(=O)CC2CCOCC2)c(C)n1-c1ccc(Cl)cc1. The highest BCUT2D eigenvalue weighted by atomic mass is 35.5. The molecule has 1 aromatic heterocycles. The summed E-state index contributed by atoms with van der Waals surface area (Å²) in [7, 11) is 0. The molecule has 23 heavy (non-hydrogen) atoms. The molecule has 2 aromatic rings. The number of hydrogen-bond donors (Lipinski definition) is 0. The Bertz CT molecular complexity index is 697. The molecule has 1 aromatic carbocycles. The van der Waals surface area contributed by atoms with Crippen molar-refractivity contribution in [3.8, 4) is 5.69 Å². The zero-order valence-corrected chi connectivity index (χ0v) is 14.4. The van der Waals surface area contributed by atoms with Crippen LogP contribution in [0.3, 0.4) is 0 Å². The molecule has 0 atom stereocenters. The minimum atomic E-state index is 0.241. The molecule has 1 aliphatic rings. The maximum absolute atomic E-state index is 12.7. The van der Waals surface area contributed by atoms with Gasteiger partial charge in [-0.3, -0.25) is 4.79 Å². The topological polar surface area (TPSA) is 31.2 Å². The first-order valence-corrected chi connectivity index (χ1v) is 8.50. The zero-order valence-electron chi connectivity index (χ0n) is 13.6. The van der Waals surface area contributed by atoms with Crippen LogP contribution >= 0.6 is 11.6 Å². The van der Waals surface area contributed by atoms with Crippen LogP contribution in [0, 0.1) is 19.8 Å². The highest BCUT2D eigenvalue weighted by Crippen LogP contribution is 2.26. The van der Waals surface area contributed by atoms with E-state index in [1.807, 2.05) is 44.2 Å². The van der Waals surface area contributed by atoms with Crippen LogP contribution in [-0.4, -0.2) is 23.6 Å². The van der Waals surface area contributed by atoms with Gasteiger partial charge in [0.15, 0.2) is 5.78 Å². The molecule has 3 rings (SSSR count). The first-order valence-electron chi connectivity index (χ1n) is 8.12. The molecule has 0 unspecified atom stereocenters. The maximum Gasteiger partial charge on any atom is 0.164 e. The summed E-state index contributed by atoms with van der Waals surface area (Å²) >= 11 is 5.97. The van der Waals surface area contributed by atoms with E-state index in [-0.39, 0.29) is 5.78 Å². The Morgan fingerprint density at radius 2 is 1.87 bits per heavy atom. The van der Waals surface area contributed by atoms with E-state index in [2.05, 4.69) is 4.57 Å². The van der Waals surface area contributed by atoms with Gasteiger partial charge in [0.05, 0.1) is 0 Å². The van der Waals surface area contributed by atoms with Gasteiger partial charge in [0.2, 0.25) is 0 Å². The van der Waals surface area contributed by atoms with E-state index >= 15 is 0 Å². The van der Waals surface area contributed by atoms with Crippen molar-refractivity contribution in [2.75, 3.05) is 13.2 Å². The number of aromatic nitrogens is 1. The lowest BCUT2D eigenvalue weighted by Gasteiger charge is -2.21. The highest BCUT2D eigenvalue weighted by molar-refractivity contribution is 6.30. The van der Waals surface area contributed by atoms with E-state index in [0.717, 1.165) is 48.7 Å². The number of nitrogens with zero attached hydrogens (tertiary/aromatic N) is 1. The molecule has 0 radical (unpaired) electrons. The summed E-state index contributed by atoms with van der Waals surface area (Å²) in [6.45, 7) is 5.61. The van der Waals surface area contributed by atoms with E-state index in [1.54, 1.807) is 0 Å². The first kappa shape index (κ1) is 16.3. The molecule has 3 nitrogen and oxygen atoms in total. The van der Waals surface area contributed by atoms with Gasteiger partial charge in [-0.2, -0.15) is 0 Å². The Morgan fingerprint density at radius 3 is 2.52 bits per heavy atom. The molecule has 0 aliphatic carbocycles. The second-order valence-electron chi connectivity index (χ2n) is 6.28. The van der Waals surface area contributed by atoms with Gasteiger partial charge in [-0.1, -0.05) is 11.6 Å². The predicted molar refractivity (Wildman–Crippen MR) is 92.7 cm³/mol. The van der Waals surface area contributed by atoms with Crippen LogP contribution in [0.2, 0.25) is 5.02 Å². The Hall–Kier alpha value is -1.58. The molecule has 0 amide bonds. The van der Waals surface area contributed by atoms with Crippen molar-refractivity contribution < 1.29 is 9.53 Å². The largest absolute Gasteiger partial charge is 0.381 e. The normalized spacial score (nSPS) is 15.8. The Morgan fingerprint density at radius 1 is 1.22 bits per heavy atom. The fourth-order valence-electron chi connectivity index (χ4n) is 3.36. The maximum atomic E-state index is 12.7. The first-order chi connectivity index (χ1) is 11.1. The fraction of sp³-hybridized carbons (Fsp3) is 0.421. The van der Waals surface area contributed by atoms with Crippen LogP contribution in [0.15, 0.2) is 30.3 Å². The molecule has 1 aliphatic heterocycles. The summed E-state index contributed by atoms with van der Waals surface area (Å²) in [5.41, 5.74) is 3.94. The lowest BCUT2D eigenvalue weighted by Crippen LogP contribution is -2.19. The van der Waals surface area contributed by atoms with Gasteiger partial charge >= 0.3 is 0 Å². The van der Waals surface area contributed by atoms with Gasteiger partial charge in [0.25, 0.3) is 0 Å². The number of hydrogen-bond acceptors (Lipinski definition) is 2. The molecule has 2 heterocycles. The van der Waals surface area contributed by atoms with Crippen molar-refractivity contribution in [3.63, 3.8) is 0 Å². The average Bonchev–Trinajstić information content (AvgIpc) is 2.84. The van der Waals surface area contributed by atoms with E-state index in [1.165, 1.54) is 0 Å². The summed E-state index contributed by atoms with van der Waals surface area (Å²) in [6.07, 6.45) is 2.59. The Balaban J connectivity index is 1.85. The second kappa shape index (κ2) is 6.90. The van der Waals surface area contributed by atoms with Crippen LogP contribution < -0.4 is 0 Å². The number of aryl methyl sites for hydroxylation is 1. The summed E-state index contributed by atoms with van der Waals surface area (Å²) in [5.74, 6) is 0.694. The number of ether oxygens (including phenoxy) is 1. The van der Waals surface area contributed by atoms with Crippen molar-refractivity contribution in [1.82, 2.24) is 4.57 Å². The number of ketones is 1.